The van der Waals surface area contributed by atoms with E-state index in [-0.39, 0.29) is 11.7 Å². The molecule has 96 valence electrons. The summed E-state index contributed by atoms with van der Waals surface area (Å²) in [7, 11) is 0. The number of aromatic nitrogens is 2. The summed E-state index contributed by atoms with van der Waals surface area (Å²) in [6, 6.07) is 0.471. The lowest BCUT2D eigenvalue weighted by Gasteiger charge is -2.11. The van der Waals surface area contributed by atoms with E-state index in [0.717, 1.165) is 5.01 Å². The summed E-state index contributed by atoms with van der Waals surface area (Å²) in [5.74, 6) is -3.80. The van der Waals surface area contributed by atoms with Gasteiger partial charge in [0, 0.05) is 30.1 Å². The molecule has 18 heavy (non-hydrogen) atoms. The predicted molar refractivity (Wildman–Crippen MR) is 63.1 cm³/mol. The highest BCUT2D eigenvalue weighted by Gasteiger charge is 2.13. The first-order valence-electron chi connectivity index (χ1n) is 5.22. The predicted octanol–water partition coefficient (Wildman–Crippen LogP) is 3.17. The summed E-state index contributed by atoms with van der Waals surface area (Å²) in [5, 5.41) is 5.36. The van der Waals surface area contributed by atoms with Crippen molar-refractivity contribution in [2.45, 2.75) is 12.8 Å². The monoisotopic (exact) mass is 273 g/mol. The van der Waals surface area contributed by atoms with E-state index in [1.807, 2.05) is 12.3 Å². The summed E-state index contributed by atoms with van der Waals surface area (Å²) in [4.78, 5) is 7.29. The van der Waals surface area contributed by atoms with Crippen molar-refractivity contribution in [3.8, 4) is 0 Å². The molecular weight excluding hydrogens is 263 g/mol. The van der Waals surface area contributed by atoms with Gasteiger partial charge in [0.1, 0.15) is 0 Å². The molecule has 2 heterocycles. The Bertz CT molecular complexity index is 531. The highest BCUT2D eigenvalue weighted by molar-refractivity contribution is 7.09. The van der Waals surface area contributed by atoms with Crippen LogP contribution in [0.15, 0.2) is 17.6 Å². The highest BCUT2D eigenvalue weighted by Crippen LogP contribution is 2.19. The van der Waals surface area contributed by atoms with Crippen LogP contribution >= 0.6 is 11.3 Å². The first-order valence-corrected chi connectivity index (χ1v) is 6.10. The van der Waals surface area contributed by atoms with Gasteiger partial charge in [-0.3, -0.25) is 0 Å². The molecule has 1 N–H and O–H groups in total. The SMILES string of the molecule is CC(CNc1nc(F)c(F)cc1F)c1nccs1. The lowest BCUT2D eigenvalue weighted by atomic mass is 10.2. The molecule has 2 aromatic rings. The molecule has 0 aromatic carbocycles. The molecule has 1 atom stereocenters. The summed E-state index contributed by atoms with van der Waals surface area (Å²) in [6.07, 6.45) is 1.67. The van der Waals surface area contributed by atoms with Crippen molar-refractivity contribution in [1.29, 1.82) is 0 Å². The van der Waals surface area contributed by atoms with E-state index in [0.29, 0.717) is 12.6 Å². The quantitative estimate of drug-likeness (QED) is 0.869. The molecule has 2 aromatic heterocycles. The fraction of sp³-hybridized carbons (Fsp3) is 0.273. The van der Waals surface area contributed by atoms with Crippen LogP contribution in [0.25, 0.3) is 0 Å². The fourth-order valence-electron chi connectivity index (χ4n) is 1.38. The van der Waals surface area contributed by atoms with Crippen molar-refractivity contribution in [1.82, 2.24) is 9.97 Å². The second kappa shape index (κ2) is 5.34. The van der Waals surface area contributed by atoms with Gasteiger partial charge in [-0.15, -0.1) is 11.3 Å². The summed E-state index contributed by atoms with van der Waals surface area (Å²) < 4.78 is 38.8. The molecule has 0 aliphatic heterocycles. The van der Waals surface area contributed by atoms with E-state index >= 15 is 0 Å². The number of hydrogen-bond acceptors (Lipinski definition) is 4. The van der Waals surface area contributed by atoms with Crippen molar-refractivity contribution < 1.29 is 13.2 Å². The Kier molecular flexibility index (Phi) is 3.81. The number of nitrogens with zero attached hydrogens (tertiary/aromatic N) is 2. The van der Waals surface area contributed by atoms with Crippen LogP contribution in [-0.4, -0.2) is 16.5 Å². The molecule has 0 radical (unpaired) electrons. The Morgan fingerprint density at radius 2 is 2.11 bits per heavy atom. The van der Waals surface area contributed by atoms with Crippen LogP contribution in [0.4, 0.5) is 19.0 Å². The summed E-state index contributed by atoms with van der Waals surface area (Å²) >= 11 is 1.48. The zero-order valence-corrected chi connectivity index (χ0v) is 10.3. The maximum absolute atomic E-state index is 13.3. The van der Waals surface area contributed by atoms with Gasteiger partial charge in [-0.25, -0.2) is 13.8 Å². The number of rotatable bonds is 4. The highest BCUT2D eigenvalue weighted by atomic mass is 32.1. The van der Waals surface area contributed by atoms with E-state index in [4.69, 9.17) is 0 Å². The Morgan fingerprint density at radius 1 is 1.33 bits per heavy atom. The van der Waals surface area contributed by atoms with Crippen LogP contribution in [0.3, 0.4) is 0 Å². The normalized spacial score (nSPS) is 12.4. The number of nitrogens with one attached hydrogen (secondary N) is 1. The van der Waals surface area contributed by atoms with Crippen LogP contribution in [0, 0.1) is 17.6 Å². The van der Waals surface area contributed by atoms with Gasteiger partial charge in [0.25, 0.3) is 5.95 Å². The van der Waals surface area contributed by atoms with Crippen molar-refractivity contribution >= 4 is 17.2 Å². The van der Waals surface area contributed by atoms with Gasteiger partial charge in [-0.2, -0.15) is 9.37 Å². The molecule has 0 saturated carbocycles. The van der Waals surface area contributed by atoms with Crippen LogP contribution in [-0.2, 0) is 0 Å². The Balaban J connectivity index is 2.04. The van der Waals surface area contributed by atoms with E-state index in [1.165, 1.54) is 11.3 Å². The van der Waals surface area contributed by atoms with E-state index < -0.39 is 17.6 Å². The summed E-state index contributed by atoms with van der Waals surface area (Å²) in [6.45, 7) is 2.23. The number of pyridine rings is 1. The minimum Gasteiger partial charge on any atom is -0.367 e. The minimum atomic E-state index is -1.32. The molecule has 1 unspecified atom stereocenters. The zero-order valence-electron chi connectivity index (χ0n) is 9.45. The van der Waals surface area contributed by atoms with E-state index in [1.54, 1.807) is 6.20 Å². The van der Waals surface area contributed by atoms with E-state index in [9.17, 15) is 13.2 Å². The van der Waals surface area contributed by atoms with Gasteiger partial charge in [0.15, 0.2) is 17.5 Å². The maximum atomic E-state index is 13.3. The number of anilines is 1. The second-order valence-corrected chi connectivity index (χ2v) is 4.67. The second-order valence-electron chi connectivity index (χ2n) is 3.74. The van der Waals surface area contributed by atoms with Crippen molar-refractivity contribution in [3.05, 3.63) is 40.2 Å². The first-order chi connectivity index (χ1) is 8.58. The van der Waals surface area contributed by atoms with Gasteiger partial charge in [-0.05, 0) is 0 Å². The minimum absolute atomic E-state index is 0.0271. The van der Waals surface area contributed by atoms with Crippen molar-refractivity contribution in [2.75, 3.05) is 11.9 Å². The third kappa shape index (κ3) is 2.79. The number of halogens is 3. The molecule has 0 fully saturated rings. The smallest absolute Gasteiger partial charge is 0.251 e. The van der Waals surface area contributed by atoms with Crippen LogP contribution in [0.2, 0.25) is 0 Å². The lowest BCUT2D eigenvalue weighted by molar-refractivity contribution is 0.466. The van der Waals surface area contributed by atoms with Gasteiger partial charge in [-0.1, -0.05) is 6.92 Å². The standard InChI is InChI=1S/C11H10F3N3S/c1-6(11-15-2-3-18-11)5-16-10-8(13)4-7(12)9(14)17-10/h2-4,6H,5H2,1H3,(H,16,17). The van der Waals surface area contributed by atoms with Crippen LogP contribution in [0.1, 0.15) is 17.8 Å². The van der Waals surface area contributed by atoms with Crippen LogP contribution < -0.4 is 5.32 Å². The number of hydrogen-bond donors (Lipinski definition) is 1. The molecular formula is C11H10F3N3S. The fourth-order valence-corrected chi connectivity index (χ4v) is 2.08. The first kappa shape index (κ1) is 12.8. The average Bonchev–Trinajstić information content (AvgIpc) is 2.85. The molecule has 0 aliphatic rings. The third-order valence-electron chi connectivity index (χ3n) is 2.34. The number of thiazole rings is 1. The molecule has 0 spiro atoms. The Morgan fingerprint density at radius 3 is 2.78 bits per heavy atom. The molecule has 0 saturated heterocycles. The lowest BCUT2D eigenvalue weighted by Crippen LogP contribution is -2.13. The summed E-state index contributed by atoms with van der Waals surface area (Å²) in [5.41, 5.74) is 0. The third-order valence-corrected chi connectivity index (χ3v) is 3.34. The van der Waals surface area contributed by atoms with Crippen molar-refractivity contribution in [3.63, 3.8) is 0 Å². The van der Waals surface area contributed by atoms with Gasteiger partial charge >= 0.3 is 0 Å². The topological polar surface area (TPSA) is 37.8 Å². The molecule has 0 bridgehead atoms. The van der Waals surface area contributed by atoms with Crippen LogP contribution in [0.5, 0.6) is 0 Å². The molecule has 0 aliphatic carbocycles. The molecule has 3 nitrogen and oxygen atoms in total. The molecule has 2 rings (SSSR count). The van der Waals surface area contributed by atoms with Gasteiger partial charge < -0.3 is 5.32 Å². The Labute approximate surface area is 106 Å². The van der Waals surface area contributed by atoms with Crippen molar-refractivity contribution in [2.24, 2.45) is 0 Å². The maximum Gasteiger partial charge on any atom is 0.251 e. The van der Waals surface area contributed by atoms with Gasteiger partial charge in [0.2, 0.25) is 0 Å². The van der Waals surface area contributed by atoms with E-state index in [2.05, 4.69) is 15.3 Å². The zero-order chi connectivity index (χ0) is 13.1. The molecule has 0 amide bonds. The average molecular weight is 273 g/mol. The molecule has 7 heteroatoms. The Hall–Kier alpha value is -1.63. The van der Waals surface area contributed by atoms with Gasteiger partial charge in [0.05, 0.1) is 5.01 Å². The largest absolute Gasteiger partial charge is 0.367 e.